The van der Waals surface area contributed by atoms with Crippen molar-refractivity contribution in [3.8, 4) is 11.1 Å². The third-order valence-corrected chi connectivity index (χ3v) is 6.11. The normalized spacial score (nSPS) is 17.2. The van der Waals surface area contributed by atoms with E-state index in [1.54, 1.807) is 4.68 Å². The van der Waals surface area contributed by atoms with Crippen molar-refractivity contribution in [2.75, 3.05) is 18.0 Å². The molecule has 0 unspecified atom stereocenters. The van der Waals surface area contributed by atoms with Crippen LogP contribution in [0.15, 0.2) is 36.3 Å². The van der Waals surface area contributed by atoms with Gasteiger partial charge in [0.15, 0.2) is 0 Å². The Kier molecular flexibility index (Phi) is 6.15. The van der Waals surface area contributed by atoms with Gasteiger partial charge in [-0.05, 0) is 62.6 Å². The molecule has 0 radical (unpaired) electrons. The van der Waals surface area contributed by atoms with Crippen molar-refractivity contribution in [2.45, 2.75) is 53.9 Å². The molecule has 1 fully saturated rings. The fourth-order valence-corrected chi connectivity index (χ4v) is 4.10. The quantitative estimate of drug-likeness (QED) is 0.788. The highest BCUT2D eigenvalue weighted by Crippen LogP contribution is 2.36. The Bertz CT molecular complexity index is 923. The predicted molar refractivity (Wildman–Crippen MR) is 120 cm³/mol. The van der Waals surface area contributed by atoms with Gasteiger partial charge in [0.1, 0.15) is 0 Å². The number of carbonyl (C=O) groups excluding carboxylic acids is 1. The second-order valence-corrected chi connectivity index (χ2v) is 8.97. The average Bonchev–Trinajstić information content (AvgIpc) is 3.00. The number of rotatable bonds is 4. The summed E-state index contributed by atoms with van der Waals surface area (Å²) in [7, 11) is 1.91. The van der Waals surface area contributed by atoms with E-state index in [-0.39, 0.29) is 5.91 Å². The average molecular weight is 395 g/mol. The maximum atomic E-state index is 13.3. The molecule has 29 heavy (non-hydrogen) atoms. The predicted octanol–water partition coefficient (Wildman–Crippen LogP) is 5.07. The van der Waals surface area contributed by atoms with Crippen LogP contribution in [0.25, 0.3) is 11.1 Å². The molecular weight excluding hydrogens is 360 g/mol. The highest BCUT2D eigenvalue weighted by atomic mass is 16.1. The van der Waals surface area contributed by atoms with Crippen molar-refractivity contribution in [1.82, 2.24) is 15.1 Å². The maximum Gasteiger partial charge on any atom is 0.257 e. The van der Waals surface area contributed by atoms with E-state index >= 15 is 0 Å². The van der Waals surface area contributed by atoms with Gasteiger partial charge in [0.2, 0.25) is 0 Å². The first-order chi connectivity index (χ1) is 13.7. The van der Waals surface area contributed by atoms with Gasteiger partial charge in [-0.1, -0.05) is 26.0 Å². The van der Waals surface area contributed by atoms with E-state index in [1.165, 1.54) is 6.42 Å². The Morgan fingerprint density at radius 2 is 2.00 bits per heavy atom. The topological polar surface area (TPSA) is 50.2 Å². The zero-order valence-electron chi connectivity index (χ0n) is 18.7. The maximum absolute atomic E-state index is 13.3. The number of anilines is 1. The van der Waals surface area contributed by atoms with Crippen molar-refractivity contribution in [1.29, 1.82) is 0 Å². The van der Waals surface area contributed by atoms with Crippen LogP contribution in [0.3, 0.4) is 0 Å². The Balaban J connectivity index is 2.07. The summed E-state index contributed by atoms with van der Waals surface area (Å²) in [6.45, 7) is 12.6. The largest absolute Gasteiger partial charge is 0.371 e. The highest BCUT2D eigenvalue weighted by molar-refractivity contribution is 6.03. The Hall–Kier alpha value is -2.56. The molecule has 1 aliphatic rings. The van der Waals surface area contributed by atoms with Crippen LogP contribution in [0.5, 0.6) is 0 Å². The standard InChI is InChI=1S/C24H34N4O/c1-7-17(2)26-23(29)22-18(3)20(19-15-25-27(6)16-19)9-10-21(22)28-13-8-11-24(4,5)12-14-28/h7,9-10,15-16H,8,11-14H2,1-6H3,(H,26,29)/b17-7+. The first kappa shape index (κ1) is 21.2. The van der Waals surface area contributed by atoms with E-state index in [9.17, 15) is 4.79 Å². The molecule has 156 valence electrons. The van der Waals surface area contributed by atoms with Crippen LogP contribution in [0, 0.1) is 12.3 Å². The summed E-state index contributed by atoms with van der Waals surface area (Å²) in [6, 6.07) is 4.25. The first-order valence-electron chi connectivity index (χ1n) is 10.5. The number of allylic oxidation sites excluding steroid dienone is 2. The van der Waals surface area contributed by atoms with Gasteiger partial charge in [0.25, 0.3) is 5.91 Å². The highest BCUT2D eigenvalue weighted by Gasteiger charge is 2.27. The Morgan fingerprint density at radius 1 is 1.24 bits per heavy atom. The number of nitrogens with one attached hydrogen (secondary N) is 1. The molecule has 1 aromatic carbocycles. The number of carbonyl (C=O) groups is 1. The van der Waals surface area contributed by atoms with Gasteiger partial charge in [-0.2, -0.15) is 5.10 Å². The lowest BCUT2D eigenvalue weighted by Crippen LogP contribution is -2.30. The third kappa shape index (κ3) is 4.72. The summed E-state index contributed by atoms with van der Waals surface area (Å²) in [6.07, 6.45) is 9.27. The van der Waals surface area contributed by atoms with E-state index in [0.29, 0.717) is 5.41 Å². The number of hydrogen-bond donors (Lipinski definition) is 1. The SMILES string of the molecule is C/C=C(\C)NC(=O)c1c(N2CCCC(C)(C)CC2)ccc(-c2cnn(C)c2)c1C. The molecule has 2 heterocycles. The number of aromatic nitrogens is 2. The molecule has 2 aromatic rings. The van der Waals surface area contributed by atoms with Crippen LogP contribution in [0.1, 0.15) is 62.9 Å². The minimum Gasteiger partial charge on any atom is -0.371 e. The number of benzene rings is 1. The van der Waals surface area contributed by atoms with E-state index in [2.05, 4.69) is 41.3 Å². The molecule has 0 atom stereocenters. The van der Waals surface area contributed by atoms with Gasteiger partial charge in [-0.25, -0.2) is 0 Å². The number of aryl methyl sites for hydroxylation is 1. The number of nitrogens with zero attached hydrogens (tertiary/aromatic N) is 3. The summed E-state index contributed by atoms with van der Waals surface area (Å²) in [5.74, 6) is -0.0395. The smallest absolute Gasteiger partial charge is 0.257 e. The van der Waals surface area contributed by atoms with Crippen molar-refractivity contribution >= 4 is 11.6 Å². The zero-order chi connectivity index (χ0) is 21.2. The van der Waals surface area contributed by atoms with E-state index in [4.69, 9.17) is 0 Å². The second-order valence-electron chi connectivity index (χ2n) is 8.97. The van der Waals surface area contributed by atoms with Crippen molar-refractivity contribution < 1.29 is 4.79 Å². The van der Waals surface area contributed by atoms with Gasteiger partial charge in [-0.3, -0.25) is 9.48 Å². The van der Waals surface area contributed by atoms with Crippen LogP contribution < -0.4 is 10.2 Å². The lowest BCUT2D eigenvalue weighted by atomic mass is 9.85. The van der Waals surface area contributed by atoms with E-state index in [0.717, 1.165) is 59.6 Å². The molecule has 0 bridgehead atoms. The summed E-state index contributed by atoms with van der Waals surface area (Å²) in [5, 5.41) is 7.36. The van der Waals surface area contributed by atoms with Crippen LogP contribution in [0.2, 0.25) is 0 Å². The van der Waals surface area contributed by atoms with Gasteiger partial charge < -0.3 is 10.2 Å². The first-order valence-corrected chi connectivity index (χ1v) is 10.5. The summed E-state index contributed by atoms with van der Waals surface area (Å²) in [5.41, 5.74) is 6.11. The Labute approximate surface area is 174 Å². The molecular formula is C24H34N4O. The third-order valence-electron chi connectivity index (χ3n) is 6.11. The number of amides is 1. The molecule has 0 saturated carbocycles. The molecule has 3 rings (SSSR count). The van der Waals surface area contributed by atoms with Crippen molar-refractivity contribution in [3.05, 3.63) is 47.4 Å². The van der Waals surface area contributed by atoms with Crippen LogP contribution in [-0.4, -0.2) is 28.8 Å². The van der Waals surface area contributed by atoms with E-state index in [1.807, 2.05) is 46.3 Å². The Morgan fingerprint density at radius 3 is 2.66 bits per heavy atom. The molecule has 5 heteroatoms. The number of hydrogen-bond acceptors (Lipinski definition) is 3. The van der Waals surface area contributed by atoms with Gasteiger partial charge in [0, 0.05) is 43.3 Å². The lowest BCUT2D eigenvalue weighted by molar-refractivity contribution is 0.0966. The fraction of sp³-hybridized carbons (Fsp3) is 0.500. The monoisotopic (exact) mass is 394 g/mol. The lowest BCUT2D eigenvalue weighted by Gasteiger charge is -2.28. The minimum absolute atomic E-state index is 0.0395. The summed E-state index contributed by atoms with van der Waals surface area (Å²) >= 11 is 0. The van der Waals surface area contributed by atoms with Gasteiger partial charge >= 0.3 is 0 Å². The minimum atomic E-state index is -0.0395. The molecule has 1 aliphatic heterocycles. The fourth-order valence-electron chi connectivity index (χ4n) is 4.10. The summed E-state index contributed by atoms with van der Waals surface area (Å²) in [4.78, 5) is 15.7. The molecule has 1 aromatic heterocycles. The van der Waals surface area contributed by atoms with Gasteiger partial charge in [-0.15, -0.1) is 0 Å². The second kappa shape index (κ2) is 8.44. The molecule has 1 N–H and O–H groups in total. The molecule has 1 amide bonds. The molecule has 1 saturated heterocycles. The molecule has 0 spiro atoms. The zero-order valence-corrected chi connectivity index (χ0v) is 18.7. The van der Waals surface area contributed by atoms with Crippen molar-refractivity contribution in [3.63, 3.8) is 0 Å². The summed E-state index contributed by atoms with van der Waals surface area (Å²) < 4.78 is 1.79. The van der Waals surface area contributed by atoms with Crippen molar-refractivity contribution in [2.24, 2.45) is 12.5 Å². The van der Waals surface area contributed by atoms with Crippen LogP contribution in [0.4, 0.5) is 5.69 Å². The van der Waals surface area contributed by atoms with Crippen LogP contribution >= 0.6 is 0 Å². The molecule has 0 aliphatic carbocycles. The van der Waals surface area contributed by atoms with Gasteiger partial charge in [0.05, 0.1) is 11.8 Å². The van der Waals surface area contributed by atoms with Crippen LogP contribution in [-0.2, 0) is 7.05 Å². The molecule has 5 nitrogen and oxygen atoms in total. The van der Waals surface area contributed by atoms with E-state index < -0.39 is 0 Å².